The van der Waals surface area contributed by atoms with E-state index >= 15 is 0 Å². The minimum Gasteiger partial charge on any atom is -0.281 e. The zero-order chi connectivity index (χ0) is 16.2. The van der Waals surface area contributed by atoms with Gasteiger partial charge in [-0.3, -0.25) is 9.78 Å². The fraction of sp³-hybridized carbons (Fsp3) is 0.100. The van der Waals surface area contributed by atoms with Crippen molar-refractivity contribution in [1.29, 1.82) is 0 Å². The van der Waals surface area contributed by atoms with Crippen LogP contribution in [-0.2, 0) is 0 Å². The Morgan fingerprint density at radius 2 is 1.61 bits per heavy atom. The van der Waals surface area contributed by atoms with E-state index in [4.69, 9.17) is 0 Å². The lowest BCUT2D eigenvalue weighted by Gasteiger charge is -2.08. The highest BCUT2D eigenvalue weighted by Crippen LogP contribution is 2.27. The molecule has 3 heteroatoms. The normalized spacial score (nSPS) is 10.5. The first kappa shape index (κ1) is 15.5. The van der Waals surface area contributed by atoms with Crippen molar-refractivity contribution in [3.05, 3.63) is 83.7 Å². The van der Waals surface area contributed by atoms with Crippen LogP contribution in [0, 0.1) is 13.8 Å². The standard InChI is InChI=1S/C20H17NOS/c1-14-8-10-18(11-9-14)23-20(22)19-12-17(13-21-15(19)2)16-6-4-3-5-7-16/h3-13H,1-2H3. The van der Waals surface area contributed by atoms with Crippen LogP contribution in [0.3, 0.4) is 0 Å². The zero-order valence-electron chi connectivity index (χ0n) is 13.1. The van der Waals surface area contributed by atoms with Gasteiger partial charge in [-0.05, 0) is 49.4 Å². The number of hydrogen-bond donors (Lipinski definition) is 0. The molecule has 0 aliphatic rings. The first-order chi connectivity index (χ1) is 11.1. The van der Waals surface area contributed by atoms with Gasteiger partial charge in [-0.1, -0.05) is 48.0 Å². The second kappa shape index (κ2) is 6.80. The Morgan fingerprint density at radius 1 is 0.913 bits per heavy atom. The Morgan fingerprint density at radius 3 is 2.30 bits per heavy atom. The monoisotopic (exact) mass is 319 g/mol. The molecule has 0 unspecified atom stereocenters. The number of benzene rings is 2. The Bertz CT molecular complexity index is 826. The summed E-state index contributed by atoms with van der Waals surface area (Å²) in [5.41, 5.74) is 4.63. The van der Waals surface area contributed by atoms with Gasteiger partial charge in [0.1, 0.15) is 0 Å². The number of carbonyl (C=O) groups excluding carboxylic acids is 1. The molecular weight excluding hydrogens is 302 g/mol. The predicted molar refractivity (Wildman–Crippen MR) is 95.8 cm³/mol. The van der Waals surface area contributed by atoms with E-state index in [2.05, 4.69) is 4.98 Å². The molecule has 0 spiro atoms. The van der Waals surface area contributed by atoms with Crippen molar-refractivity contribution in [2.45, 2.75) is 18.7 Å². The van der Waals surface area contributed by atoms with Crippen LogP contribution in [0.1, 0.15) is 21.6 Å². The van der Waals surface area contributed by atoms with Gasteiger partial charge in [0.25, 0.3) is 0 Å². The molecule has 23 heavy (non-hydrogen) atoms. The molecule has 1 heterocycles. The van der Waals surface area contributed by atoms with Crippen molar-refractivity contribution < 1.29 is 4.79 Å². The molecule has 3 rings (SSSR count). The van der Waals surface area contributed by atoms with E-state index in [1.54, 1.807) is 0 Å². The molecule has 1 aromatic heterocycles. The number of rotatable bonds is 3. The molecule has 3 aromatic rings. The van der Waals surface area contributed by atoms with E-state index in [-0.39, 0.29) is 5.12 Å². The third-order valence-electron chi connectivity index (χ3n) is 3.65. The highest BCUT2D eigenvalue weighted by Gasteiger charge is 2.13. The van der Waals surface area contributed by atoms with E-state index in [1.807, 2.05) is 80.7 Å². The van der Waals surface area contributed by atoms with Gasteiger partial charge in [0, 0.05) is 22.3 Å². The molecule has 0 aliphatic heterocycles. The Hall–Kier alpha value is -2.39. The topological polar surface area (TPSA) is 30.0 Å². The van der Waals surface area contributed by atoms with Crippen LogP contribution in [0.25, 0.3) is 11.1 Å². The highest BCUT2D eigenvalue weighted by atomic mass is 32.2. The highest BCUT2D eigenvalue weighted by molar-refractivity contribution is 8.14. The summed E-state index contributed by atoms with van der Waals surface area (Å²) in [6.07, 6.45) is 1.82. The van der Waals surface area contributed by atoms with Gasteiger partial charge in [-0.15, -0.1) is 0 Å². The summed E-state index contributed by atoms with van der Waals surface area (Å²) in [7, 11) is 0. The maximum absolute atomic E-state index is 12.6. The zero-order valence-corrected chi connectivity index (χ0v) is 13.9. The number of thioether (sulfide) groups is 1. The summed E-state index contributed by atoms with van der Waals surface area (Å²) in [6.45, 7) is 3.91. The van der Waals surface area contributed by atoms with E-state index in [1.165, 1.54) is 17.3 Å². The lowest BCUT2D eigenvalue weighted by atomic mass is 10.1. The second-order valence-electron chi connectivity index (χ2n) is 5.43. The number of pyridine rings is 1. The van der Waals surface area contributed by atoms with Gasteiger partial charge in [-0.25, -0.2) is 0 Å². The second-order valence-corrected chi connectivity index (χ2v) is 6.47. The molecule has 0 atom stereocenters. The molecule has 0 saturated heterocycles. The van der Waals surface area contributed by atoms with Crippen LogP contribution in [0.4, 0.5) is 0 Å². The molecule has 0 fully saturated rings. The number of hydrogen-bond acceptors (Lipinski definition) is 3. The van der Waals surface area contributed by atoms with Crippen LogP contribution in [0.5, 0.6) is 0 Å². The van der Waals surface area contributed by atoms with Crippen molar-refractivity contribution in [2.75, 3.05) is 0 Å². The molecule has 0 radical (unpaired) electrons. The summed E-state index contributed by atoms with van der Waals surface area (Å²) >= 11 is 1.24. The Balaban J connectivity index is 1.89. The summed E-state index contributed by atoms with van der Waals surface area (Å²) in [4.78, 5) is 18.0. The van der Waals surface area contributed by atoms with Crippen LogP contribution in [-0.4, -0.2) is 10.1 Å². The van der Waals surface area contributed by atoms with Gasteiger partial charge >= 0.3 is 0 Å². The number of aryl methyl sites for hydroxylation is 2. The first-order valence-corrected chi connectivity index (χ1v) is 8.26. The van der Waals surface area contributed by atoms with Gasteiger partial charge in [-0.2, -0.15) is 0 Å². The quantitative estimate of drug-likeness (QED) is 0.614. The SMILES string of the molecule is Cc1ccc(SC(=O)c2cc(-c3ccccc3)cnc2C)cc1. The van der Waals surface area contributed by atoms with E-state index in [9.17, 15) is 4.79 Å². The number of carbonyl (C=O) groups is 1. The average molecular weight is 319 g/mol. The van der Waals surface area contributed by atoms with Crippen molar-refractivity contribution in [3.8, 4) is 11.1 Å². The van der Waals surface area contributed by atoms with Crippen molar-refractivity contribution in [1.82, 2.24) is 4.98 Å². The molecule has 0 bridgehead atoms. The fourth-order valence-corrected chi connectivity index (χ4v) is 3.10. The van der Waals surface area contributed by atoms with Crippen molar-refractivity contribution >= 4 is 16.9 Å². The fourth-order valence-electron chi connectivity index (χ4n) is 2.30. The van der Waals surface area contributed by atoms with E-state index in [0.29, 0.717) is 5.56 Å². The molecule has 2 aromatic carbocycles. The Labute approximate surface area is 140 Å². The van der Waals surface area contributed by atoms with Crippen LogP contribution < -0.4 is 0 Å². The molecule has 0 amide bonds. The summed E-state index contributed by atoms with van der Waals surface area (Å²) in [6, 6.07) is 19.9. The lowest BCUT2D eigenvalue weighted by molar-refractivity contribution is 0.108. The molecule has 0 aliphatic carbocycles. The minimum atomic E-state index is 0.0247. The lowest BCUT2D eigenvalue weighted by Crippen LogP contribution is -2.00. The average Bonchev–Trinajstić information content (AvgIpc) is 2.58. The smallest absolute Gasteiger partial charge is 0.225 e. The van der Waals surface area contributed by atoms with Gasteiger partial charge in [0.05, 0.1) is 5.56 Å². The number of aromatic nitrogens is 1. The van der Waals surface area contributed by atoms with E-state index < -0.39 is 0 Å². The maximum atomic E-state index is 12.6. The summed E-state index contributed by atoms with van der Waals surface area (Å²) in [5.74, 6) is 0. The van der Waals surface area contributed by atoms with Crippen molar-refractivity contribution in [3.63, 3.8) is 0 Å². The molecule has 114 valence electrons. The minimum absolute atomic E-state index is 0.0247. The number of nitrogens with zero attached hydrogens (tertiary/aromatic N) is 1. The largest absolute Gasteiger partial charge is 0.281 e. The third-order valence-corrected chi connectivity index (χ3v) is 4.56. The Kier molecular flexibility index (Phi) is 4.58. The first-order valence-electron chi connectivity index (χ1n) is 7.44. The van der Waals surface area contributed by atoms with Crippen molar-refractivity contribution in [2.24, 2.45) is 0 Å². The molecule has 0 N–H and O–H groups in total. The van der Waals surface area contributed by atoms with Crippen LogP contribution in [0.15, 0.2) is 71.8 Å². The van der Waals surface area contributed by atoms with Crippen LogP contribution >= 0.6 is 11.8 Å². The maximum Gasteiger partial charge on any atom is 0.225 e. The van der Waals surface area contributed by atoms with E-state index in [0.717, 1.165) is 21.7 Å². The summed E-state index contributed by atoms with van der Waals surface area (Å²) < 4.78 is 0. The van der Waals surface area contributed by atoms with Gasteiger partial charge < -0.3 is 0 Å². The van der Waals surface area contributed by atoms with Crippen LogP contribution in [0.2, 0.25) is 0 Å². The van der Waals surface area contributed by atoms with Gasteiger partial charge in [0.15, 0.2) is 0 Å². The molecular formula is C20H17NOS. The molecule has 0 saturated carbocycles. The third kappa shape index (κ3) is 3.69. The summed E-state index contributed by atoms with van der Waals surface area (Å²) in [5, 5.41) is 0.0247. The molecule has 2 nitrogen and oxygen atoms in total. The van der Waals surface area contributed by atoms with Gasteiger partial charge in [0.2, 0.25) is 5.12 Å². The predicted octanol–water partition coefficient (Wildman–Crippen LogP) is 5.30.